The van der Waals surface area contributed by atoms with Crippen LogP contribution in [0.4, 0.5) is 0 Å². The molecule has 98 valence electrons. The first-order chi connectivity index (χ1) is 8.76. The van der Waals surface area contributed by atoms with Crippen LogP contribution in [0, 0.1) is 0 Å². The molecule has 1 unspecified atom stereocenters. The van der Waals surface area contributed by atoms with E-state index in [4.69, 9.17) is 0 Å². The Balaban J connectivity index is 2.15. The highest BCUT2D eigenvalue weighted by Gasteiger charge is 2.11. The number of rotatable bonds is 6. The van der Waals surface area contributed by atoms with Crippen LogP contribution in [0.25, 0.3) is 11.5 Å². The third-order valence-electron chi connectivity index (χ3n) is 3.06. The molecule has 0 saturated carbocycles. The van der Waals surface area contributed by atoms with Gasteiger partial charge in [0.1, 0.15) is 5.69 Å². The van der Waals surface area contributed by atoms with Crippen LogP contribution in [-0.2, 0) is 6.54 Å². The van der Waals surface area contributed by atoms with Gasteiger partial charge in [-0.2, -0.15) is 0 Å². The van der Waals surface area contributed by atoms with Crippen LogP contribution in [-0.4, -0.2) is 26.1 Å². The van der Waals surface area contributed by atoms with Gasteiger partial charge < -0.3 is 14.9 Å². The standard InChI is InChI=1S/C13H21N5/c1-4-6-15-10(3)11-7-16-13(17-11)12-8-14-9-18(12)5-2/h7-10,15H,4-6H2,1-3H3,(H,16,17). The van der Waals surface area contributed by atoms with Gasteiger partial charge in [0.2, 0.25) is 0 Å². The Bertz CT molecular complexity index is 485. The third kappa shape index (κ3) is 2.61. The molecule has 0 bridgehead atoms. The van der Waals surface area contributed by atoms with E-state index in [-0.39, 0.29) is 0 Å². The molecule has 1 atom stereocenters. The van der Waals surface area contributed by atoms with E-state index in [1.54, 1.807) is 0 Å². The highest BCUT2D eigenvalue weighted by Crippen LogP contribution is 2.18. The van der Waals surface area contributed by atoms with Crippen LogP contribution in [0.3, 0.4) is 0 Å². The number of aromatic nitrogens is 4. The van der Waals surface area contributed by atoms with Crippen LogP contribution in [0.5, 0.6) is 0 Å². The minimum atomic E-state index is 0.296. The Morgan fingerprint density at radius 2 is 2.22 bits per heavy atom. The van der Waals surface area contributed by atoms with Gasteiger partial charge in [-0.3, -0.25) is 0 Å². The Morgan fingerprint density at radius 1 is 1.39 bits per heavy atom. The van der Waals surface area contributed by atoms with Gasteiger partial charge in [0.25, 0.3) is 0 Å². The van der Waals surface area contributed by atoms with Gasteiger partial charge in [0.15, 0.2) is 5.82 Å². The summed E-state index contributed by atoms with van der Waals surface area (Å²) in [7, 11) is 0. The molecule has 5 heteroatoms. The molecule has 5 nitrogen and oxygen atoms in total. The molecule has 0 radical (unpaired) electrons. The number of imidazole rings is 2. The lowest BCUT2D eigenvalue weighted by Crippen LogP contribution is -2.19. The summed E-state index contributed by atoms with van der Waals surface area (Å²) in [5.74, 6) is 0.884. The van der Waals surface area contributed by atoms with Crippen LogP contribution in [0.15, 0.2) is 18.7 Å². The normalized spacial score (nSPS) is 12.8. The van der Waals surface area contributed by atoms with E-state index in [1.165, 1.54) is 0 Å². The molecule has 2 aromatic heterocycles. The summed E-state index contributed by atoms with van der Waals surface area (Å²) in [4.78, 5) is 12.0. The maximum absolute atomic E-state index is 4.44. The number of aryl methyl sites for hydroxylation is 1. The molecule has 0 spiro atoms. The van der Waals surface area contributed by atoms with Gasteiger partial charge in [0.05, 0.1) is 24.4 Å². The van der Waals surface area contributed by atoms with E-state index in [1.807, 2.05) is 18.7 Å². The molecule has 18 heavy (non-hydrogen) atoms. The fraction of sp³-hybridized carbons (Fsp3) is 0.538. The monoisotopic (exact) mass is 247 g/mol. The van der Waals surface area contributed by atoms with Gasteiger partial charge in [0, 0.05) is 12.6 Å². The highest BCUT2D eigenvalue weighted by atomic mass is 15.1. The van der Waals surface area contributed by atoms with E-state index in [0.717, 1.165) is 36.7 Å². The summed E-state index contributed by atoms with van der Waals surface area (Å²) >= 11 is 0. The lowest BCUT2D eigenvalue weighted by molar-refractivity contribution is 0.560. The molecule has 0 aliphatic carbocycles. The Kier molecular flexibility index (Phi) is 4.15. The van der Waals surface area contributed by atoms with Crippen molar-refractivity contribution in [3.8, 4) is 11.5 Å². The summed E-state index contributed by atoms with van der Waals surface area (Å²) in [6.45, 7) is 8.32. The first-order valence-corrected chi connectivity index (χ1v) is 6.55. The molecule has 0 amide bonds. The second kappa shape index (κ2) is 5.82. The number of hydrogen-bond acceptors (Lipinski definition) is 3. The van der Waals surface area contributed by atoms with Gasteiger partial charge >= 0.3 is 0 Å². The highest BCUT2D eigenvalue weighted by molar-refractivity contribution is 5.49. The lowest BCUT2D eigenvalue weighted by atomic mass is 10.2. The van der Waals surface area contributed by atoms with Crippen molar-refractivity contribution in [1.82, 2.24) is 24.8 Å². The predicted molar refractivity (Wildman–Crippen MR) is 72.2 cm³/mol. The molecular formula is C13H21N5. The first kappa shape index (κ1) is 12.8. The first-order valence-electron chi connectivity index (χ1n) is 6.55. The second-order valence-corrected chi connectivity index (χ2v) is 4.43. The van der Waals surface area contributed by atoms with E-state index in [9.17, 15) is 0 Å². The van der Waals surface area contributed by atoms with Crippen molar-refractivity contribution in [2.24, 2.45) is 0 Å². The molecule has 0 aliphatic heterocycles. The van der Waals surface area contributed by atoms with Crippen molar-refractivity contribution in [1.29, 1.82) is 0 Å². The van der Waals surface area contributed by atoms with Crippen LogP contribution in [0.2, 0.25) is 0 Å². The van der Waals surface area contributed by atoms with E-state index >= 15 is 0 Å². The van der Waals surface area contributed by atoms with Gasteiger partial charge in [-0.15, -0.1) is 0 Å². The van der Waals surface area contributed by atoms with Gasteiger partial charge in [-0.05, 0) is 26.8 Å². The largest absolute Gasteiger partial charge is 0.339 e. The maximum atomic E-state index is 4.44. The van der Waals surface area contributed by atoms with Crippen molar-refractivity contribution < 1.29 is 0 Å². The molecule has 0 aliphatic rings. The van der Waals surface area contributed by atoms with Crippen LogP contribution >= 0.6 is 0 Å². The number of nitrogens with zero attached hydrogens (tertiary/aromatic N) is 3. The average Bonchev–Trinajstić information content (AvgIpc) is 3.02. The molecular weight excluding hydrogens is 226 g/mol. The Labute approximate surface area is 108 Å². The number of hydrogen-bond donors (Lipinski definition) is 2. The van der Waals surface area contributed by atoms with Crippen LogP contribution < -0.4 is 5.32 Å². The minimum absolute atomic E-state index is 0.296. The number of nitrogens with one attached hydrogen (secondary N) is 2. The van der Waals surface area contributed by atoms with Crippen LogP contribution in [0.1, 0.15) is 38.9 Å². The van der Waals surface area contributed by atoms with E-state index in [2.05, 4.69) is 45.6 Å². The molecule has 2 N–H and O–H groups in total. The molecule has 0 aromatic carbocycles. The van der Waals surface area contributed by atoms with Crippen molar-refractivity contribution >= 4 is 0 Å². The zero-order valence-corrected chi connectivity index (χ0v) is 11.3. The fourth-order valence-corrected chi connectivity index (χ4v) is 1.93. The summed E-state index contributed by atoms with van der Waals surface area (Å²) < 4.78 is 2.08. The molecule has 2 rings (SSSR count). The molecule has 2 heterocycles. The summed E-state index contributed by atoms with van der Waals surface area (Å²) in [6, 6.07) is 0.296. The summed E-state index contributed by atoms with van der Waals surface area (Å²) in [5, 5.41) is 3.44. The smallest absolute Gasteiger partial charge is 0.155 e. The van der Waals surface area contributed by atoms with Crippen molar-refractivity contribution in [2.45, 2.75) is 39.8 Å². The van der Waals surface area contributed by atoms with Gasteiger partial charge in [-0.25, -0.2) is 9.97 Å². The maximum Gasteiger partial charge on any atom is 0.155 e. The Morgan fingerprint density at radius 3 is 2.94 bits per heavy atom. The SMILES string of the molecule is CCCNC(C)c1cnc(-c2cncn2CC)[nH]1. The zero-order valence-electron chi connectivity index (χ0n) is 11.3. The summed E-state index contributed by atoms with van der Waals surface area (Å²) in [5.41, 5.74) is 2.15. The molecule has 0 fully saturated rings. The average molecular weight is 247 g/mol. The minimum Gasteiger partial charge on any atom is -0.339 e. The third-order valence-corrected chi connectivity index (χ3v) is 3.06. The predicted octanol–water partition coefficient (Wildman–Crippen LogP) is 2.35. The zero-order chi connectivity index (χ0) is 13.0. The van der Waals surface area contributed by atoms with Crippen molar-refractivity contribution in [3.05, 3.63) is 24.4 Å². The number of aromatic amines is 1. The fourth-order valence-electron chi connectivity index (χ4n) is 1.93. The quantitative estimate of drug-likeness (QED) is 0.823. The van der Waals surface area contributed by atoms with Crippen molar-refractivity contribution in [3.63, 3.8) is 0 Å². The van der Waals surface area contributed by atoms with E-state index in [0.29, 0.717) is 6.04 Å². The summed E-state index contributed by atoms with van der Waals surface area (Å²) in [6.07, 6.45) is 6.70. The topological polar surface area (TPSA) is 58.5 Å². The number of H-pyrrole nitrogens is 1. The van der Waals surface area contributed by atoms with Gasteiger partial charge in [-0.1, -0.05) is 6.92 Å². The Hall–Kier alpha value is -1.62. The second-order valence-electron chi connectivity index (χ2n) is 4.43. The lowest BCUT2D eigenvalue weighted by Gasteiger charge is -2.10. The van der Waals surface area contributed by atoms with Crippen molar-refractivity contribution in [2.75, 3.05) is 6.54 Å². The van der Waals surface area contributed by atoms with E-state index < -0.39 is 0 Å². The molecule has 0 saturated heterocycles. The molecule has 2 aromatic rings.